The van der Waals surface area contributed by atoms with Crippen LogP contribution >= 0.6 is 0 Å². The second kappa shape index (κ2) is 3.94. The molecule has 0 saturated heterocycles. The third-order valence-electron chi connectivity index (χ3n) is 2.90. The van der Waals surface area contributed by atoms with Crippen molar-refractivity contribution in [3.63, 3.8) is 0 Å². The summed E-state index contributed by atoms with van der Waals surface area (Å²) >= 11 is 0. The van der Waals surface area contributed by atoms with Gasteiger partial charge in [0.15, 0.2) is 5.82 Å². The van der Waals surface area contributed by atoms with Crippen molar-refractivity contribution in [2.45, 2.75) is 32.4 Å². The summed E-state index contributed by atoms with van der Waals surface area (Å²) in [6.07, 6.45) is 5.16. The Bertz CT molecular complexity index is 693. The summed E-state index contributed by atoms with van der Waals surface area (Å²) < 4.78 is 7.71. The first-order valence-corrected chi connectivity index (χ1v) is 5.76. The second-order valence-corrected chi connectivity index (χ2v) is 4.41. The highest BCUT2D eigenvalue weighted by molar-refractivity contribution is 4.95. The molecular formula is C11H12N4O3. The molecule has 0 radical (unpaired) electrons. The zero-order chi connectivity index (χ0) is 12.7. The first-order chi connectivity index (χ1) is 8.65. The molecule has 7 heteroatoms. The van der Waals surface area contributed by atoms with Crippen molar-refractivity contribution in [1.29, 1.82) is 0 Å². The molecule has 3 rings (SSSR count). The van der Waals surface area contributed by atoms with Crippen molar-refractivity contribution in [2.24, 2.45) is 0 Å². The fraction of sp³-hybridized carbons (Fsp3) is 0.455. The average Bonchev–Trinajstić information content (AvgIpc) is 3.09. The van der Waals surface area contributed by atoms with E-state index in [0.717, 1.165) is 12.8 Å². The van der Waals surface area contributed by atoms with Crippen LogP contribution < -0.4 is 11.1 Å². The van der Waals surface area contributed by atoms with E-state index >= 15 is 0 Å². The molecule has 0 N–H and O–H groups in total. The molecule has 18 heavy (non-hydrogen) atoms. The van der Waals surface area contributed by atoms with E-state index in [4.69, 9.17) is 4.52 Å². The first-order valence-electron chi connectivity index (χ1n) is 5.76. The Hall–Kier alpha value is -2.18. The van der Waals surface area contributed by atoms with Gasteiger partial charge in [0.2, 0.25) is 5.89 Å². The zero-order valence-electron chi connectivity index (χ0n) is 9.87. The quantitative estimate of drug-likeness (QED) is 0.718. The first kappa shape index (κ1) is 10.9. The summed E-state index contributed by atoms with van der Waals surface area (Å²) in [7, 11) is 0. The summed E-state index contributed by atoms with van der Waals surface area (Å²) in [6, 6.07) is 0.200. The molecule has 2 aromatic heterocycles. The van der Waals surface area contributed by atoms with Crippen LogP contribution in [0.3, 0.4) is 0 Å². The Morgan fingerprint density at radius 3 is 2.72 bits per heavy atom. The minimum atomic E-state index is -0.555. The standard InChI is InChI=1S/C11H12N4O3/c1-7-12-9(18-13-7)6-14-4-5-15(8-2-3-8)11(17)10(14)16/h4-5,8H,2-3,6H2,1H3. The summed E-state index contributed by atoms with van der Waals surface area (Å²) in [6.45, 7) is 1.82. The molecule has 0 aliphatic heterocycles. The highest BCUT2D eigenvalue weighted by Crippen LogP contribution is 2.32. The number of aryl methyl sites for hydroxylation is 1. The van der Waals surface area contributed by atoms with Crippen LogP contribution in [0.4, 0.5) is 0 Å². The Labute approximate surface area is 102 Å². The van der Waals surface area contributed by atoms with Gasteiger partial charge in [-0.3, -0.25) is 14.2 Å². The summed E-state index contributed by atoms with van der Waals surface area (Å²) in [5.41, 5.74) is -1.04. The van der Waals surface area contributed by atoms with Gasteiger partial charge in [0.05, 0.1) is 0 Å². The lowest BCUT2D eigenvalue weighted by Crippen LogP contribution is -2.40. The van der Waals surface area contributed by atoms with Gasteiger partial charge in [-0.1, -0.05) is 5.16 Å². The van der Waals surface area contributed by atoms with Gasteiger partial charge in [-0.2, -0.15) is 4.98 Å². The fourth-order valence-corrected chi connectivity index (χ4v) is 1.84. The maximum atomic E-state index is 11.9. The molecule has 0 spiro atoms. The molecular weight excluding hydrogens is 236 g/mol. The van der Waals surface area contributed by atoms with Gasteiger partial charge in [0.25, 0.3) is 0 Å². The van der Waals surface area contributed by atoms with E-state index in [0.29, 0.717) is 11.7 Å². The second-order valence-electron chi connectivity index (χ2n) is 4.41. The van der Waals surface area contributed by atoms with Gasteiger partial charge in [0, 0.05) is 18.4 Å². The van der Waals surface area contributed by atoms with Crippen molar-refractivity contribution >= 4 is 0 Å². The third kappa shape index (κ3) is 1.87. The van der Waals surface area contributed by atoms with Crippen molar-refractivity contribution in [3.05, 3.63) is 44.8 Å². The van der Waals surface area contributed by atoms with Crippen molar-refractivity contribution in [1.82, 2.24) is 19.3 Å². The van der Waals surface area contributed by atoms with Crippen molar-refractivity contribution in [2.75, 3.05) is 0 Å². The summed E-state index contributed by atoms with van der Waals surface area (Å²) in [5.74, 6) is 0.822. The lowest BCUT2D eigenvalue weighted by atomic mass is 10.5. The normalized spacial score (nSPS) is 14.9. The van der Waals surface area contributed by atoms with Gasteiger partial charge in [-0.15, -0.1) is 0 Å². The summed E-state index contributed by atoms with van der Waals surface area (Å²) in [4.78, 5) is 27.7. The minimum absolute atomic E-state index is 0.125. The average molecular weight is 248 g/mol. The van der Waals surface area contributed by atoms with Crippen LogP contribution in [-0.4, -0.2) is 19.3 Å². The molecule has 94 valence electrons. The molecule has 0 unspecified atom stereocenters. The predicted molar refractivity (Wildman–Crippen MR) is 61.4 cm³/mol. The largest absolute Gasteiger partial charge is 0.337 e. The molecule has 1 saturated carbocycles. The lowest BCUT2D eigenvalue weighted by molar-refractivity contribution is 0.365. The maximum Gasteiger partial charge on any atom is 0.316 e. The minimum Gasteiger partial charge on any atom is -0.337 e. The molecule has 7 nitrogen and oxygen atoms in total. The fourth-order valence-electron chi connectivity index (χ4n) is 1.84. The van der Waals surface area contributed by atoms with Crippen LogP contribution in [0.25, 0.3) is 0 Å². The van der Waals surface area contributed by atoms with E-state index < -0.39 is 11.1 Å². The van der Waals surface area contributed by atoms with E-state index in [1.165, 1.54) is 9.13 Å². The van der Waals surface area contributed by atoms with E-state index in [2.05, 4.69) is 10.1 Å². The van der Waals surface area contributed by atoms with Crippen LogP contribution in [0, 0.1) is 6.92 Å². The molecule has 2 heterocycles. The van der Waals surface area contributed by atoms with Gasteiger partial charge in [0.1, 0.15) is 6.54 Å². The van der Waals surface area contributed by atoms with Crippen LogP contribution in [-0.2, 0) is 6.54 Å². The predicted octanol–water partition coefficient (Wildman–Crippen LogP) is 0.0846. The zero-order valence-corrected chi connectivity index (χ0v) is 9.87. The van der Waals surface area contributed by atoms with E-state index in [9.17, 15) is 9.59 Å². The topological polar surface area (TPSA) is 82.9 Å². The van der Waals surface area contributed by atoms with Crippen molar-refractivity contribution in [3.8, 4) is 0 Å². The SMILES string of the molecule is Cc1noc(Cn2ccn(C3CC3)c(=O)c2=O)n1. The maximum absolute atomic E-state index is 11.9. The number of aromatic nitrogens is 4. The Kier molecular flexibility index (Phi) is 2.39. The molecule has 0 atom stereocenters. The van der Waals surface area contributed by atoms with Crippen LogP contribution in [0.15, 0.2) is 26.5 Å². The Morgan fingerprint density at radius 2 is 2.11 bits per heavy atom. The molecule has 1 aliphatic carbocycles. The Balaban J connectivity index is 1.96. The van der Waals surface area contributed by atoms with Crippen LogP contribution in [0.2, 0.25) is 0 Å². The van der Waals surface area contributed by atoms with Crippen LogP contribution in [0.1, 0.15) is 30.6 Å². The molecule has 1 fully saturated rings. The number of hydrogen-bond acceptors (Lipinski definition) is 5. The van der Waals surface area contributed by atoms with Crippen LogP contribution in [0.5, 0.6) is 0 Å². The number of nitrogens with zero attached hydrogens (tertiary/aromatic N) is 4. The highest BCUT2D eigenvalue weighted by Gasteiger charge is 2.25. The van der Waals surface area contributed by atoms with Crippen molar-refractivity contribution < 1.29 is 4.52 Å². The van der Waals surface area contributed by atoms with E-state index in [1.807, 2.05) is 0 Å². The smallest absolute Gasteiger partial charge is 0.316 e. The molecule has 0 amide bonds. The van der Waals surface area contributed by atoms with Gasteiger partial charge in [-0.05, 0) is 19.8 Å². The monoisotopic (exact) mass is 248 g/mol. The van der Waals surface area contributed by atoms with Gasteiger partial charge >= 0.3 is 11.1 Å². The Morgan fingerprint density at radius 1 is 1.33 bits per heavy atom. The van der Waals surface area contributed by atoms with Gasteiger partial charge in [-0.25, -0.2) is 0 Å². The number of rotatable bonds is 3. The van der Waals surface area contributed by atoms with Gasteiger partial charge < -0.3 is 9.09 Å². The molecule has 0 aromatic carbocycles. The lowest BCUT2D eigenvalue weighted by Gasteiger charge is -2.05. The van der Waals surface area contributed by atoms with E-state index in [-0.39, 0.29) is 12.6 Å². The number of hydrogen-bond donors (Lipinski definition) is 0. The summed E-state index contributed by atoms with van der Waals surface area (Å²) in [5, 5.41) is 3.64. The molecule has 0 bridgehead atoms. The van der Waals surface area contributed by atoms with E-state index in [1.54, 1.807) is 19.3 Å². The highest BCUT2D eigenvalue weighted by atomic mass is 16.5. The third-order valence-corrected chi connectivity index (χ3v) is 2.90. The molecule has 1 aliphatic rings. The molecule has 2 aromatic rings.